The lowest BCUT2D eigenvalue weighted by Crippen LogP contribution is -2.30. The lowest BCUT2D eigenvalue weighted by Gasteiger charge is -2.17. The second kappa shape index (κ2) is 6.58. The molecule has 0 aliphatic heterocycles. The number of benzene rings is 1. The summed E-state index contributed by atoms with van der Waals surface area (Å²) in [5.74, 6) is -1.22. The largest absolute Gasteiger partial charge is 0.481 e. The molecular formula is C15H14BrNO4. The summed E-state index contributed by atoms with van der Waals surface area (Å²) in [5.41, 5.74) is 1.42. The molecule has 0 unspecified atom stereocenters. The third kappa shape index (κ3) is 3.95. The van der Waals surface area contributed by atoms with Crippen molar-refractivity contribution in [3.63, 3.8) is 0 Å². The third-order valence-corrected chi connectivity index (χ3v) is 3.50. The predicted octanol–water partition coefficient (Wildman–Crippen LogP) is 3.30. The molecule has 0 bridgehead atoms. The first-order chi connectivity index (χ1) is 9.97. The van der Waals surface area contributed by atoms with Gasteiger partial charge in [-0.15, -0.1) is 0 Å². The number of nitrogens with one attached hydrogen (secondary N) is 1. The Hall–Kier alpha value is -2.08. The summed E-state index contributed by atoms with van der Waals surface area (Å²) >= 11 is 3.33. The van der Waals surface area contributed by atoms with Gasteiger partial charge in [0.05, 0.1) is 18.7 Å². The van der Waals surface area contributed by atoms with Gasteiger partial charge in [0.1, 0.15) is 0 Å². The van der Waals surface area contributed by atoms with E-state index in [4.69, 9.17) is 9.52 Å². The summed E-state index contributed by atoms with van der Waals surface area (Å²) in [4.78, 5) is 23.2. The molecule has 0 aliphatic carbocycles. The van der Waals surface area contributed by atoms with E-state index >= 15 is 0 Å². The van der Waals surface area contributed by atoms with Crippen molar-refractivity contribution in [2.75, 3.05) is 0 Å². The number of rotatable bonds is 5. The van der Waals surface area contributed by atoms with Gasteiger partial charge in [-0.2, -0.15) is 0 Å². The van der Waals surface area contributed by atoms with E-state index in [2.05, 4.69) is 21.2 Å². The topological polar surface area (TPSA) is 79.5 Å². The summed E-state index contributed by atoms with van der Waals surface area (Å²) < 4.78 is 5.94. The first-order valence-corrected chi connectivity index (χ1v) is 7.09. The Morgan fingerprint density at radius 3 is 2.71 bits per heavy atom. The lowest BCUT2D eigenvalue weighted by atomic mass is 10.0. The van der Waals surface area contributed by atoms with Gasteiger partial charge < -0.3 is 14.8 Å². The second-order valence-corrected chi connectivity index (χ2v) is 5.53. The second-order valence-electron chi connectivity index (χ2n) is 4.61. The molecule has 0 saturated heterocycles. The van der Waals surface area contributed by atoms with E-state index in [9.17, 15) is 9.59 Å². The maximum absolute atomic E-state index is 12.2. The zero-order chi connectivity index (χ0) is 15.4. The minimum atomic E-state index is -0.989. The molecule has 1 heterocycles. The zero-order valence-electron chi connectivity index (χ0n) is 11.3. The Kier molecular flexibility index (Phi) is 4.80. The number of hydrogen-bond donors (Lipinski definition) is 2. The number of aryl methyl sites for hydroxylation is 1. The van der Waals surface area contributed by atoms with Crippen molar-refractivity contribution in [3.8, 4) is 0 Å². The zero-order valence-corrected chi connectivity index (χ0v) is 12.9. The Balaban J connectivity index is 2.23. The molecule has 2 N–H and O–H groups in total. The molecule has 0 aliphatic rings. The van der Waals surface area contributed by atoms with E-state index in [1.54, 1.807) is 31.2 Å². The van der Waals surface area contributed by atoms with Crippen LogP contribution in [-0.2, 0) is 4.79 Å². The van der Waals surface area contributed by atoms with Gasteiger partial charge in [-0.1, -0.05) is 28.1 Å². The normalized spacial score (nSPS) is 11.9. The fourth-order valence-electron chi connectivity index (χ4n) is 1.98. The molecule has 0 spiro atoms. The van der Waals surface area contributed by atoms with E-state index in [-0.39, 0.29) is 12.2 Å². The third-order valence-electron chi connectivity index (χ3n) is 3.00. The molecule has 1 atom stereocenters. The van der Waals surface area contributed by atoms with Crippen LogP contribution in [-0.4, -0.2) is 17.0 Å². The fourth-order valence-corrected chi connectivity index (χ4v) is 2.40. The smallest absolute Gasteiger partial charge is 0.305 e. The summed E-state index contributed by atoms with van der Waals surface area (Å²) in [6.45, 7) is 1.75. The number of carboxylic acid groups (broad SMARTS) is 1. The summed E-state index contributed by atoms with van der Waals surface area (Å²) in [6.07, 6.45) is 1.22. The van der Waals surface area contributed by atoms with Gasteiger partial charge in [0.25, 0.3) is 5.91 Å². The molecule has 2 aromatic rings. The number of carbonyl (C=O) groups excluding carboxylic acids is 1. The molecular weight excluding hydrogens is 338 g/mol. The number of amides is 1. The van der Waals surface area contributed by atoms with Crippen molar-refractivity contribution in [1.82, 2.24) is 5.32 Å². The van der Waals surface area contributed by atoms with Crippen molar-refractivity contribution in [2.45, 2.75) is 19.4 Å². The quantitative estimate of drug-likeness (QED) is 0.865. The molecule has 21 heavy (non-hydrogen) atoms. The Morgan fingerprint density at radius 1 is 1.38 bits per heavy atom. The standard InChI is InChI=1S/C15H14BrNO4/c1-9-5-6-21-14(9)15(20)17-12(8-13(18)19)10-3-2-4-11(16)7-10/h2-7,12H,8H2,1H3,(H,17,20)(H,18,19)/t12-/m1/s1. The Labute approximate surface area is 130 Å². The van der Waals surface area contributed by atoms with Crippen LogP contribution in [0.15, 0.2) is 45.5 Å². The highest BCUT2D eigenvalue weighted by molar-refractivity contribution is 9.10. The molecule has 1 amide bonds. The Bertz CT molecular complexity index is 665. The van der Waals surface area contributed by atoms with Crippen LogP contribution in [0.4, 0.5) is 0 Å². The summed E-state index contributed by atoms with van der Waals surface area (Å²) in [7, 11) is 0. The van der Waals surface area contributed by atoms with Crippen molar-refractivity contribution in [1.29, 1.82) is 0 Å². The molecule has 0 saturated carbocycles. The first-order valence-electron chi connectivity index (χ1n) is 6.29. The van der Waals surface area contributed by atoms with E-state index in [0.29, 0.717) is 11.1 Å². The SMILES string of the molecule is Cc1ccoc1C(=O)N[C@H](CC(=O)O)c1cccc(Br)c1. The highest BCUT2D eigenvalue weighted by atomic mass is 79.9. The highest BCUT2D eigenvalue weighted by Crippen LogP contribution is 2.22. The molecule has 6 heteroatoms. The molecule has 1 aromatic heterocycles. The van der Waals surface area contributed by atoms with Crippen LogP contribution in [0.25, 0.3) is 0 Å². The first kappa shape index (κ1) is 15.3. The number of aliphatic carboxylic acids is 1. The average molecular weight is 352 g/mol. The van der Waals surface area contributed by atoms with Gasteiger partial charge in [0, 0.05) is 10.0 Å². The van der Waals surface area contributed by atoms with Gasteiger partial charge in [-0.25, -0.2) is 0 Å². The van der Waals surface area contributed by atoms with Crippen LogP contribution in [0.5, 0.6) is 0 Å². The Morgan fingerprint density at radius 2 is 2.14 bits per heavy atom. The molecule has 1 aromatic carbocycles. The summed E-state index contributed by atoms with van der Waals surface area (Å²) in [6, 6.07) is 8.23. The minimum absolute atomic E-state index is 0.195. The van der Waals surface area contributed by atoms with Crippen molar-refractivity contribution >= 4 is 27.8 Å². The van der Waals surface area contributed by atoms with Crippen molar-refractivity contribution < 1.29 is 19.1 Å². The summed E-state index contributed by atoms with van der Waals surface area (Å²) in [5, 5.41) is 11.7. The van der Waals surface area contributed by atoms with Crippen LogP contribution in [0, 0.1) is 6.92 Å². The lowest BCUT2D eigenvalue weighted by molar-refractivity contribution is -0.137. The van der Waals surface area contributed by atoms with Crippen molar-refractivity contribution in [2.24, 2.45) is 0 Å². The molecule has 0 fully saturated rings. The monoisotopic (exact) mass is 351 g/mol. The van der Waals surface area contributed by atoms with Gasteiger partial charge in [0.2, 0.25) is 0 Å². The van der Waals surface area contributed by atoms with Crippen LogP contribution in [0.2, 0.25) is 0 Å². The van der Waals surface area contributed by atoms with E-state index < -0.39 is 17.9 Å². The number of carbonyl (C=O) groups is 2. The molecule has 0 radical (unpaired) electrons. The van der Waals surface area contributed by atoms with Crippen LogP contribution in [0.1, 0.15) is 34.1 Å². The van der Waals surface area contributed by atoms with E-state index in [1.807, 2.05) is 6.07 Å². The van der Waals surface area contributed by atoms with Crippen molar-refractivity contribution in [3.05, 3.63) is 58.0 Å². The number of furan rings is 1. The van der Waals surface area contributed by atoms with E-state index in [0.717, 1.165) is 4.47 Å². The molecule has 5 nitrogen and oxygen atoms in total. The minimum Gasteiger partial charge on any atom is -0.481 e. The number of carboxylic acids is 1. The van der Waals surface area contributed by atoms with Crippen LogP contribution in [0.3, 0.4) is 0 Å². The number of hydrogen-bond acceptors (Lipinski definition) is 3. The van der Waals surface area contributed by atoms with Gasteiger partial charge in [0.15, 0.2) is 5.76 Å². The maximum atomic E-state index is 12.2. The average Bonchev–Trinajstić information content (AvgIpc) is 2.83. The predicted molar refractivity (Wildman–Crippen MR) is 80.0 cm³/mol. The van der Waals surface area contributed by atoms with E-state index in [1.165, 1.54) is 6.26 Å². The maximum Gasteiger partial charge on any atom is 0.305 e. The molecule has 110 valence electrons. The van der Waals surface area contributed by atoms with Gasteiger partial charge in [-0.3, -0.25) is 9.59 Å². The number of halogens is 1. The van der Waals surface area contributed by atoms with Gasteiger partial charge in [-0.05, 0) is 30.7 Å². The van der Waals surface area contributed by atoms with Gasteiger partial charge >= 0.3 is 5.97 Å². The van der Waals surface area contributed by atoms with Crippen LogP contribution >= 0.6 is 15.9 Å². The molecule has 2 rings (SSSR count). The van der Waals surface area contributed by atoms with Crippen LogP contribution < -0.4 is 5.32 Å². The highest BCUT2D eigenvalue weighted by Gasteiger charge is 2.21. The fraction of sp³-hybridized carbons (Fsp3) is 0.200.